The largest absolute Gasteiger partial charge is 0.354 e. The number of aromatic nitrogens is 2. The third kappa shape index (κ3) is 3.44. The lowest BCUT2D eigenvalue weighted by Crippen LogP contribution is -2.48. The van der Waals surface area contributed by atoms with Crippen molar-refractivity contribution in [1.29, 1.82) is 0 Å². The second-order valence-corrected chi connectivity index (χ2v) is 6.16. The molecule has 3 rings (SSSR count). The van der Waals surface area contributed by atoms with Gasteiger partial charge in [0, 0.05) is 37.7 Å². The maximum Gasteiger partial charge on any atom is 0.253 e. The molecule has 1 atom stereocenters. The fraction of sp³-hybridized carbons (Fsp3) is 0.312. The molecule has 3 heterocycles. The first-order valence-electron chi connectivity index (χ1n) is 7.30. The monoisotopic (exact) mass is 360 g/mol. The molecule has 1 aliphatic rings. The van der Waals surface area contributed by atoms with E-state index in [2.05, 4.69) is 36.1 Å². The summed E-state index contributed by atoms with van der Waals surface area (Å²) in [6, 6.07) is 7.56. The van der Waals surface area contributed by atoms with Crippen molar-refractivity contribution in [2.45, 2.75) is 18.9 Å². The molecule has 2 aromatic heterocycles. The van der Waals surface area contributed by atoms with Crippen molar-refractivity contribution in [3.05, 3.63) is 52.9 Å². The van der Waals surface area contributed by atoms with Gasteiger partial charge in [0.2, 0.25) is 0 Å². The molecule has 0 spiro atoms. The molecule has 6 heteroatoms. The predicted octanol–water partition coefficient (Wildman–Crippen LogP) is 2.64. The Morgan fingerprint density at radius 1 is 1.32 bits per heavy atom. The predicted molar refractivity (Wildman–Crippen MR) is 88.9 cm³/mol. The van der Waals surface area contributed by atoms with Crippen LogP contribution in [0, 0.1) is 0 Å². The van der Waals surface area contributed by atoms with Crippen LogP contribution >= 0.6 is 15.9 Å². The lowest BCUT2D eigenvalue weighted by atomic mass is 10.1. The van der Waals surface area contributed by atoms with Crippen LogP contribution in [-0.2, 0) is 0 Å². The molecule has 1 amide bonds. The molecular weight excluding hydrogens is 344 g/mol. The molecular formula is C16H17BrN4O. The first-order chi connectivity index (χ1) is 10.7. The van der Waals surface area contributed by atoms with Crippen LogP contribution in [-0.4, -0.2) is 35.0 Å². The van der Waals surface area contributed by atoms with E-state index in [1.807, 2.05) is 12.1 Å². The van der Waals surface area contributed by atoms with Gasteiger partial charge in [-0.05, 0) is 53.0 Å². The number of piperidine rings is 1. The molecule has 22 heavy (non-hydrogen) atoms. The first-order valence-corrected chi connectivity index (χ1v) is 8.09. The summed E-state index contributed by atoms with van der Waals surface area (Å²) < 4.78 is 0.981. The van der Waals surface area contributed by atoms with Gasteiger partial charge >= 0.3 is 0 Å². The van der Waals surface area contributed by atoms with Gasteiger partial charge in [0.15, 0.2) is 0 Å². The molecule has 1 unspecified atom stereocenters. The number of carbonyl (C=O) groups is 1. The van der Waals surface area contributed by atoms with Gasteiger partial charge in [0.25, 0.3) is 5.91 Å². The number of nitrogens with zero attached hydrogens (tertiary/aromatic N) is 3. The maximum atomic E-state index is 12.2. The van der Waals surface area contributed by atoms with E-state index in [-0.39, 0.29) is 11.9 Å². The molecule has 0 saturated carbocycles. The highest BCUT2D eigenvalue weighted by atomic mass is 79.9. The van der Waals surface area contributed by atoms with Crippen LogP contribution in [0.25, 0.3) is 0 Å². The molecule has 1 fully saturated rings. The molecule has 0 aromatic carbocycles. The summed E-state index contributed by atoms with van der Waals surface area (Å²) in [5.41, 5.74) is 0.596. The normalized spacial score (nSPS) is 18.0. The highest BCUT2D eigenvalue weighted by Gasteiger charge is 2.23. The Bertz CT molecular complexity index is 650. The number of hydrogen-bond acceptors (Lipinski definition) is 4. The number of carbonyl (C=O) groups excluding carboxylic acids is 1. The fourth-order valence-electron chi connectivity index (χ4n) is 2.66. The quantitative estimate of drug-likeness (QED) is 0.913. The summed E-state index contributed by atoms with van der Waals surface area (Å²) >= 11 is 3.54. The van der Waals surface area contributed by atoms with E-state index in [9.17, 15) is 4.79 Å². The van der Waals surface area contributed by atoms with E-state index >= 15 is 0 Å². The van der Waals surface area contributed by atoms with Crippen molar-refractivity contribution in [1.82, 2.24) is 15.3 Å². The fourth-order valence-corrected chi connectivity index (χ4v) is 3.17. The van der Waals surface area contributed by atoms with Gasteiger partial charge in [-0.3, -0.25) is 9.78 Å². The molecule has 1 saturated heterocycles. The highest BCUT2D eigenvalue weighted by Crippen LogP contribution is 2.25. The van der Waals surface area contributed by atoms with Crippen LogP contribution in [0.4, 0.5) is 5.82 Å². The zero-order chi connectivity index (χ0) is 15.4. The van der Waals surface area contributed by atoms with Crippen molar-refractivity contribution in [3.8, 4) is 0 Å². The van der Waals surface area contributed by atoms with Crippen molar-refractivity contribution in [2.24, 2.45) is 0 Å². The number of nitrogens with one attached hydrogen (secondary N) is 1. The summed E-state index contributed by atoms with van der Waals surface area (Å²) in [5.74, 6) is 0.864. The molecule has 5 nitrogen and oxygen atoms in total. The molecule has 114 valence electrons. The van der Waals surface area contributed by atoms with Crippen LogP contribution in [0.15, 0.2) is 47.3 Å². The van der Waals surface area contributed by atoms with Crippen LogP contribution in [0.1, 0.15) is 23.2 Å². The lowest BCUT2D eigenvalue weighted by molar-refractivity contribution is 0.0932. The van der Waals surface area contributed by atoms with E-state index in [4.69, 9.17) is 0 Å². The van der Waals surface area contributed by atoms with Gasteiger partial charge in [-0.25, -0.2) is 4.98 Å². The van der Waals surface area contributed by atoms with Crippen molar-refractivity contribution < 1.29 is 4.79 Å². The van der Waals surface area contributed by atoms with E-state index < -0.39 is 0 Å². The summed E-state index contributed by atoms with van der Waals surface area (Å²) in [7, 11) is 0. The van der Waals surface area contributed by atoms with Gasteiger partial charge in [-0.15, -0.1) is 0 Å². The van der Waals surface area contributed by atoms with Crippen LogP contribution in [0.5, 0.6) is 0 Å². The van der Waals surface area contributed by atoms with Crippen LogP contribution in [0.3, 0.4) is 0 Å². The minimum absolute atomic E-state index is 0.0694. The van der Waals surface area contributed by atoms with Crippen molar-refractivity contribution in [3.63, 3.8) is 0 Å². The smallest absolute Gasteiger partial charge is 0.253 e. The van der Waals surface area contributed by atoms with Gasteiger partial charge in [-0.2, -0.15) is 0 Å². The molecule has 0 bridgehead atoms. The van der Waals surface area contributed by atoms with Crippen LogP contribution in [0.2, 0.25) is 0 Å². The summed E-state index contributed by atoms with van der Waals surface area (Å²) in [4.78, 5) is 22.9. The zero-order valence-electron chi connectivity index (χ0n) is 12.1. The molecule has 0 aliphatic carbocycles. The van der Waals surface area contributed by atoms with Gasteiger partial charge in [0.1, 0.15) is 5.82 Å². The zero-order valence-corrected chi connectivity index (χ0v) is 13.7. The lowest BCUT2D eigenvalue weighted by Gasteiger charge is -2.34. The number of amides is 1. The van der Waals surface area contributed by atoms with Crippen molar-refractivity contribution in [2.75, 3.05) is 18.0 Å². The Labute approximate surface area is 137 Å². The second-order valence-electron chi connectivity index (χ2n) is 5.31. The third-order valence-electron chi connectivity index (χ3n) is 3.72. The van der Waals surface area contributed by atoms with E-state index in [1.165, 1.54) is 0 Å². The van der Waals surface area contributed by atoms with E-state index in [1.54, 1.807) is 30.7 Å². The summed E-state index contributed by atoms with van der Waals surface area (Å²) in [6.07, 6.45) is 7.05. The Morgan fingerprint density at radius 3 is 2.95 bits per heavy atom. The number of pyridine rings is 2. The number of halogens is 1. The first kappa shape index (κ1) is 15.0. The minimum Gasteiger partial charge on any atom is -0.354 e. The Kier molecular flexibility index (Phi) is 4.68. The van der Waals surface area contributed by atoms with E-state index in [0.29, 0.717) is 5.56 Å². The van der Waals surface area contributed by atoms with E-state index in [0.717, 1.165) is 36.2 Å². The maximum absolute atomic E-state index is 12.2. The number of anilines is 1. The molecule has 2 aromatic rings. The third-order valence-corrected chi connectivity index (χ3v) is 4.34. The Morgan fingerprint density at radius 2 is 2.18 bits per heavy atom. The number of hydrogen-bond donors (Lipinski definition) is 1. The topological polar surface area (TPSA) is 58.1 Å². The van der Waals surface area contributed by atoms with Gasteiger partial charge in [0.05, 0.1) is 10.0 Å². The second kappa shape index (κ2) is 6.87. The average molecular weight is 361 g/mol. The summed E-state index contributed by atoms with van der Waals surface area (Å²) in [6.45, 7) is 1.72. The Hall–Kier alpha value is -1.95. The van der Waals surface area contributed by atoms with Gasteiger partial charge in [-0.1, -0.05) is 0 Å². The SMILES string of the molecule is O=C(NC1CCCN(c2ncccc2Br)C1)c1cccnc1. The number of rotatable bonds is 3. The standard InChI is InChI=1S/C16H17BrN4O/c17-14-6-2-8-19-15(14)21-9-3-5-13(11-21)20-16(22)12-4-1-7-18-10-12/h1-2,4,6-8,10,13H,3,5,9,11H2,(H,20,22). The van der Waals surface area contributed by atoms with Crippen molar-refractivity contribution >= 4 is 27.7 Å². The highest BCUT2D eigenvalue weighted by molar-refractivity contribution is 9.10. The molecule has 1 aliphatic heterocycles. The average Bonchev–Trinajstić information content (AvgIpc) is 2.56. The Balaban J connectivity index is 1.66. The minimum atomic E-state index is -0.0694. The summed E-state index contributed by atoms with van der Waals surface area (Å²) in [5, 5.41) is 3.09. The van der Waals surface area contributed by atoms with Gasteiger partial charge < -0.3 is 10.2 Å². The molecule has 1 N–H and O–H groups in total. The molecule has 0 radical (unpaired) electrons. The van der Waals surface area contributed by atoms with Crippen LogP contribution < -0.4 is 10.2 Å².